The number of rotatable bonds is 5. The molecule has 7 heteroatoms. The number of nitrogens with two attached hydrogens (primary N) is 1. The van der Waals surface area contributed by atoms with Gasteiger partial charge in [-0.3, -0.25) is 5.10 Å². The summed E-state index contributed by atoms with van der Waals surface area (Å²) in [7, 11) is 0. The van der Waals surface area contributed by atoms with Gasteiger partial charge in [0.15, 0.2) is 10.9 Å². The molecule has 0 bridgehead atoms. The summed E-state index contributed by atoms with van der Waals surface area (Å²) in [5, 5.41) is 19.9. The van der Waals surface area contributed by atoms with E-state index in [1.165, 1.54) is 4.70 Å². The van der Waals surface area contributed by atoms with Gasteiger partial charge in [-0.1, -0.05) is 23.5 Å². The van der Waals surface area contributed by atoms with Crippen molar-refractivity contribution in [1.82, 2.24) is 15.2 Å². The highest BCUT2D eigenvalue weighted by atomic mass is 32.1. The van der Waals surface area contributed by atoms with Crippen LogP contribution >= 0.6 is 11.3 Å². The summed E-state index contributed by atoms with van der Waals surface area (Å²) in [6, 6.07) is 10.1. The van der Waals surface area contributed by atoms with Crippen LogP contribution in [-0.4, -0.2) is 21.7 Å². The number of anilines is 2. The first-order valence-corrected chi connectivity index (χ1v) is 7.42. The van der Waals surface area contributed by atoms with Crippen molar-refractivity contribution in [1.29, 1.82) is 5.26 Å². The molecule has 0 saturated heterocycles. The summed E-state index contributed by atoms with van der Waals surface area (Å²) < 4.78 is 1.17. The zero-order chi connectivity index (χ0) is 14.7. The molecule has 6 nitrogen and oxygen atoms in total. The second kappa shape index (κ2) is 5.81. The number of nitrogens with zero attached hydrogens (tertiary/aromatic N) is 3. The molecule has 2 heterocycles. The summed E-state index contributed by atoms with van der Waals surface area (Å²) in [6.07, 6.45) is 1.59. The fourth-order valence-electron chi connectivity index (χ4n) is 2.11. The number of benzene rings is 1. The summed E-state index contributed by atoms with van der Waals surface area (Å²) in [5.74, 6) is 0.270. The lowest BCUT2D eigenvalue weighted by atomic mass is 10.1. The lowest BCUT2D eigenvalue weighted by Gasteiger charge is -2.01. The van der Waals surface area contributed by atoms with E-state index < -0.39 is 0 Å². The molecule has 0 aliphatic carbocycles. The number of H-pyrrole nitrogens is 1. The van der Waals surface area contributed by atoms with Crippen LogP contribution in [0.25, 0.3) is 10.2 Å². The molecule has 0 radical (unpaired) electrons. The third-order valence-electron chi connectivity index (χ3n) is 3.15. The average molecular weight is 298 g/mol. The van der Waals surface area contributed by atoms with E-state index in [1.54, 1.807) is 11.3 Å². The highest BCUT2D eigenvalue weighted by Gasteiger charge is 2.09. The number of aromatic nitrogens is 3. The number of para-hydroxylation sites is 1. The molecule has 3 aromatic rings. The van der Waals surface area contributed by atoms with Crippen LogP contribution in [0, 0.1) is 11.3 Å². The number of hydrogen-bond acceptors (Lipinski definition) is 6. The number of hydrogen-bond donors (Lipinski definition) is 3. The quantitative estimate of drug-likeness (QED) is 0.628. The van der Waals surface area contributed by atoms with Gasteiger partial charge in [-0.15, -0.1) is 0 Å². The molecule has 3 rings (SSSR count). The molecule has 4 N–H and O–H groups in total. The zero-order valence-corrected chi connectivity index (χ0v) is 12.1. The fraction of sp³-hybridized carbons (Fsp3) is 0.214. The lowest BCUT2D eigenvalue weighted by Crippen LogP contribution is -2.03. The third kappa shape index (κ3) is 2.80. The molecule has 0 atom stereocenters. The Morgan fingerprint density at radius 2 is 2.24 bits per heavy atom. The summed E-state index contributed by atoms with van der Waals surface area (Å²) in [4.78, 5) is 4.51. The molecule has 21 heavy (non-hydrogen) atoms. The lowest BCUT2D eigenvalue weighted by molar-refractivity contribution is 0.825. The summed E-state index contributed by atoms with van der Waals surface area (Å²) in [6.45, 7) is 0.781. The Bertz CT molecular complexity index is 764. The fourth-order valence-corrected chi connectivity index (χ4v) is 3.00. The van der Waals surface area contributed by atoms with E-state index in [-0.39, 0.29) is 5.82 Å². The van der Waals surface area contributed by atoms with Crippen molar-refractivity contribution < 1.29 is 0 Å². The molecule has 1 aromatic carbocycles. The van der Waals surface area contributed by atoms with E-state index in [0.717, 1.165) is 35.7 Å². The van der Waals surface area contributed by atoms with Gasteiger partial charge in [-0.2, -0.15) is 10.4 Å². The van der Waals surface area contributed by atoms with Crippen LogP contribution in [0.3, 0.4) is 0 Å². The van der Waals surface area contributed by atoms with E-state index in [2.05, 4.69) is 32.6 Å². The number of thiazole rings is 1. The first kappa shape index (κ1) is 13.4. The summed E-state index contributed by atoms with van der Waals surface area (Å²) in [5.41, 5.74) is 7.86. The largest absolute Gasteiger partial charge is 0.381 e. The highest BCUT2D eigenvalue weighted by molar-refractivity contribution is 7.22. The molecule has 0 fully saturated rings. The first-order chi connectivity index (χ1) is 10.3. The average Bonchev–Trinajstić information content (AvgIpc) is 3.06. The normalized spacial score (nSPS) is 10.6. The maximum Gasteiger partial charge on any atom is 0.183 e. The molecular formula is C14H14N6S. The van der Waals surface area contributed by atoms with Gasteiger partial charge >= 0.3 is 0 Å². The van der Waals surface area contributed by atoms with Crippen LogP contribution in [0.5, 0.6) is 0 Å². The molecular weight excluding hydrogens is 284 g/mol. The van der Waals surface area contributed by atoms with Crippen LogP contribution in [0.2, 0.25) is 0 Å². The highest BCUT2D eigenvalue weighted by Crippen LogP contribution is 2.25. The monoisotopic (exact) mass is 298 g/mol. The van der Waals surface area contributed by atoms with Crippen LogP contribution in [0.1, 0.15) is 17.7 Å². The third-order valence-corrected chi connectivity index (χ3v) is 4.15. The number of nitriles is 1. The minimum absolute atomic E-state index is 0.270. The Balaban J connectivity index is 1.55. The minimum Gasteiger partial charge on any atom is -0.381 e. The van der Waals surface area contributed by atoms with Crippen molar-refractivity contribution in [3.05, 3.63) is 35.5 Å². The molecule has 0 aliphatic rings. The number of aryl methyl sites for hydroxylation is 1. The van der Waals surface area contributed by atoms with E-state index in [9.17, 15) is 0 Å². The van der Waals surface area contributed by atoms with Gasteiger partial charge in [0.05, 0.1) is 15.9 Å². The Hall–Kier alpha value is -2.59. The van der Waals surface area contributed by atoms with Crippen molar-refractivity contribution in [3.63, 3.8) is 0 Å². The van der Waals surface area contributed by atoms with Gasteiger partial charge in [0.25, 0.3) is 0 Å². The van der Waals surface area contributed by atoms with E-state index in [0.29, 0.717) is 5.56 Å². The van der Waals surface area contributed by atoms with E-state index in [4.69, 9.17) is 11.0 Å². The van der Waals surface area contributed by atoms with Crippen molar-refractivity contribution >= 4 is 32.5 Å². The van der Waals surface area contributed by atoms with Gasteiger partial charge in [-0.25, -0.2) is 4.98 Å². The molecule has 0 saturated carbocycles. The number of nitrogens with one attached hydrogen (secondary N) is 2. The van der Waals surface area contributed by atoms with Crippen molar-refractivity contribution in [2.45, 2.75) is 12.8 Å². The van der Waals surface area contributed by atoms with Gasteiger partial charge in [0, 0.05) is 6.54 Å². The second-order valence-corrected chi connectivity index (χ2v) is 5.62. The van der Waals surface area contributed by atoms with Crippen LogP contribution in [0.15, 0.2) is 24.3 Å². The van der Waals surface area contributed by atoms with Gasteiger partial charge in [0.2, 0.25) is 0 Å². The molecule has 0 aliphatic heterocycles. The maximum absolute atomic E-state index is 8.99. The number of fused-ring (bicyclic) bond motifs is 1. The standard InChI is InChI=1S/C14H14N6S/c15-8-9-10(19-20-13(9)16)5-3-7-17-14-18-11-4-1-2-6-12(11)21-14/h1-2,4,6H,3,5,7H2,(H,17,18)(H3,16,19,20). The van der Waals surface area contributed by atoms with Gasteiger partial charge < -0.3 is 11.1 Å². The molecule has 106 valence electrons. The molecule has 2 aromatic heterocycles. The Morgan fingerprint density at radius 3 is 3.05 bits per heavy atom. The number of nitrogen functional groups attached to an aromatic ring is 1. The van der Waals surface area contributed by atoms with E-state index >= 15 is 0 Å². The van der Waals surface area contributed by atoms with Crippen molar-refractivity contribution in [2.75, 3.05) is 17.6 Å². The maximum atomic E-state index is 8.99. The molecule has 0 unspecified atom stereocenters. The topological polar surface area (TPSA) is 103 Å². The smallest absolute Gasteiger partial charge is 0.183 e. The Morgan fingerprint density at radius 1 is 1.38 bits per heavy atom. The minimum atomic E-state index is 0.270. The number of aromatic amines is 1. The second-order valence-electron chi connectivity index (χ2n) is 4.59. The zero-order valence-electron chi connectivity index (χ0n) is 11.3. The van der Waals surface area contributed by atoms with Crippen molar-refractivity contribution in [2.24, 2.45) is 0 Å². The molecule has 0 amide bonds. The van der Waals surface area contributed by atoms with Crippen molar-refractivity contribution in [3.8, 4) is 6.07 Å². The predicted molar refractivity (Wildman–Crippen MR) is 84.1 cm³/mol. The summed E-state index contributed by atoms with van der Waals surface area (Å²) >= 11 is 1.64. The Kier molecular flexibility index (Phi) is 3.71. The molecule has 0 spiro atoms. The van der Waals surface area contributed by atoms with Gasteiger partial charge in [0.1, 0.15) is 11.6 Å². The first-order valence-electron chi connectivity index (χ1n) is 6.60. The van der Waals surface area contributed by atoms with E-state index in [1.807, 2.05) is 18.2 Å². The van der Waals surface area contributed by atoms with Gasteiger partial charge in [-0.05, 0) is 25.0 Å². The van der Waals surface area contributed by atoms with Crippen LogP contribution < -0.4 is 11.1 Å². The van der Waals surface area contributed by atoms with Crippen LogP contribution in [-0.2, 0) is 6.42 Å². The Labute approximate surface area is 125 Å². The SMILES string of the molecule is N#Cc1c(N)n[nH]c1CCCNc1nc2ccccc2s1. The predicted octanol–water partition coefficient (Wildman–Crippen LogP) is 2.52. The van der Waals surface area contributed by atoms with Crippen LogP contribution in [0.4, 0.5) is 10.9 Å².